The Morgan fingerprint density at radius 2 is 0.633 bits per heavy atom. The van der Waals surface area contributed by atoms with Crippen molar-refractivity contribution in [3.63, 3.8) is 0 Å². The van der Waals surface area contributed by atoms with Crippen molar-refractivity contribution < 1.29 is 0 Å². The van der Waals surface area contributed by atoms with E-state index in [1.165, 1.54) is 93.6 Å². The number of para-hydroxylation sites is 2. The normalized spacial score (nSPS) is 13.2. The van der Waals surface area contributed by atoms with E-state index in [4.69, 9.17) is 0 Å². The Labute approximate surface area is 285 Å². The molecule has 11 rings (SSSR count). The highest BCUT2D eigenvalue weighted by Crippen LogP contribution is 2.47. The third-order valence-corrected chi connectivity index (χ3v) is 10.7. The molecule has 0 saturated heterocycles. The third-order valence-electron chi connectivity index (χ3n) is 10.7. The number of nitrogens with zero attached hydrogens (tertiary/aromatic N) is 2. The zero-order chi connectivity index (χ0) is 32.1. The van der Waals surface area contributed by atoms with Gasteiger partial charge in [-0.1, -0.05) is 115 Å². The van der Waals surface area contributed by atoms with E-state index in [9.17, 15) is 0 Å². The summed E-state index contributed by atoms with van der Waals surface area (Å²) in [5, 5.41) is 10.0. The molecule has 0 bridgehead atoms. The monoisotopic (exact) mass is 620 g/mol. The number of fused-ring (bicyclic) bond motifs is 8. The van der Waals surface area contributed by atoms with E-state index in [2.05, 4.69) is 186 Å². The lowest BCUT2D eigenvalue weighted by Gasteiger charge is -2.44. The van der Waals surface area contributed by atoms with Gasteiger partial charge in [0.05, 0.1) is 11.4 Å². The summed E-state index contributed by atoms with van der Waals surface area (Å²) in [6.45, 7) is 0.109. The highest BCUT2D eigenvalue weighted by atomic mass is 15.2. The van der Waals surface area contributed by atoms with Crippen molar-refractivity contribution in [1.29, 1.82) is 0 Å². The minimum atomic E-state index is 0.109. The lowest BCUT2D eigenvalue weighted by molar-refractivity contribution is 1.27. The van der Waals surface area contributed by atoms with Gasteiger partial charge >= 0.3 is 0 Å². The molecule has 0 saturated carbocycles. The second-order valence-electron chi connectivity index (χ2n) is 13.3. The van der Waals surface area contributed by atoms with Crippen molar-refractivity contribution in [2.24, 2.45) is 0 Å². The Kier molecular flexibility index (Phi) is 5.50. The van der Waals surface area contributed by atoms with Crippen LogP contribution < -0.4 is 26.2 Å². The lowest BCUT2D eigenvalue weighted by atomic mass is 9.33. The summed E-state index contributed by atoms with van der Waals surface area (Å²) >= 11 is 0. The molecule has 0 unspecified atom stereocenters. The molecule has 0 spiro atoms. The van der Waals surface area contributed by atoms with Crippen LogP contribution in [-0.2, 0) is 0 Å². The summed E-state index contributed by atoms with van der Waals surface area (Å²) in [6, 6.07) is 65.2. The van der Waals surface area contributed by atoms with E-state index in [0.29, 0.717) is 0 Å². The minimum Gasteiger partial charge on any atom is -0.311 e. The van der Waals surface area contributed by atoms with Gasteiger partial charge in [-0.2, -0.15) is 0 Å². The first kappa shape index (κ1) is 26.7. The number of rotatable bonds is 2. The Bertz CT molecular complexity index is 2630. The van der Waals surface area contributed by atoms with E-state index >= 15 is 0 Å². The predicted molar refractivity (Wildman–Crippen MR) is 210 cm³/mol. The second-order valence-corrected chi connectivity index (χ2v) is 13.3. The molecule has 0 amide bonds. The van der Waals surface area contributed by atoms with Crippen LogP contribution in [0.2, 0.25) is 0 Å². The van der Waals surface area contributed by atoms with Gasteiger partial charge in [-0.15, -0.1) is 0 Å². The molecular weight excluding hydrogens is 591 g/mol. The van der Waals surface area contributed by atoms with Crippen molar-refractivity contribution >= 4 is 100 Å². The molecule has 0 aliphatic carbocycles. The SMILES string of the molecule is c1ccc2c(c1)B1c3ccccc3N(c3cccc4cc5ccccc5cc34)c3cccc(c31)N2c1cccc2cc3ccccc3cc12. The maximum absolute atomic E-state index is 2.52. The topological polar surface area (TPSA) is 6.48 Å². The fourth-order valence-electron chi connectivity index (χ4n) is 8.65. The Balaban J connectivity index is 1.22. The molecule has 3 heteroatoms. The average Bonchev–Trinajstić information content (AvgIpc) is 3.16. The van der Waals surface area contributed by atoms with Crippen molar-refractivity contribution in [3.05, 3.63) is 176 Å². The Morgan fingerprint density at radius 1 is 0.286 bits per heavy atom. The number of hydrogen-bond acceptors (Lipinski definition) is 2. The van der Waals surface area contributed by atoms with Crippen LogP contribution in [0.3, 0.4) is 0 Å². The van der Waals surface area contributed by atoms with Crippen molar-refractivity contribution in [1.82, 2.24) is 0 Å². The molecule has 0 radical (unpaired) electrons. The first-order valence-corrected chi connectivity index (χ1v) is 17.1. The molecule has 9 aromatic rings. The van der Waals surface area contributed by atoms with E-state index in [-0.39, 0.29) is 6.71 Å². The molecule has 226 valence electrons. The zero-order valence-corrected chi connectivity index (χ0v) is 26.7. The van der Waals surface area contributed by atoms with Crippen LogP contribution in [0.4, 0.5) is 34.1 Å². The number of anilines is 6. The van der Waals surface area contributed by atoms with Crippen LogP contribution in [0.25, 0.3) is 43.1 Å². The van der Waals surface area contributed by atoms with Gasteiger partial charge in [0.1, 0.15) is 0 Å². The fourth-order valence-corrected chi connectivity index (χ4v) is 8.65. The molecule has 2 aliphatic rings. The van der Waals surface area contributed by atoms with Crippen LogP contribution in [0.1, 0.15) is 0 Å². The lowest BCUT2D eigenvalue weighted by Crippen LogP contribution is -2.61. The highest BCUT2D eigenvalue weighted by molar-refractivity contribution is 7.00. The van der Waals surface area contributed by atoms with E-state index in [0.717, 1.165) is 0 Å². The van der Waals surface area contributed by atoms with E-state index in [1.807, 2.05) is 0 Å². The van der Waals surface area contributed by atoms with Gasteiger partial charge in [-0.25, -0.2) is 0 Å². The standard InChI is InChI=1S/C46H29BN2/c1-3-14-32-28-36-34(26-30(32)12-1)16-9-22-40(36)48-42-20-7-5-18-38(42)47-39-19-6-8-21-43(39)49(45-25-11-24-44(48)46(45)47)41-23-10-17-35-27-31-13-2-4-15-33(31)29-37(35)41/h1-29H. The van der Waals surface area contributed by atoms with E-state index < -0.39 is 0 Å². The van der Waals surface area contributed by atoms with Gasteiger partial charge in [0.2, 0.25) is 0 Å². The minimum absolute atomic E-state index is 0.109. The first-order chi connectivity index (χ1) is 24.3. The average molecular weight is 621 g/mol. The first-order valence-electron chi connectivity index (χ1n) is 17.1. The van der Waals surface area contributed by atoms with Gasteiger partial charge in [0.25, 0.3) is 6.71 Å². The van der Waals surface area contributed by atoms with Crippen LogP contribution in [0.5, 0.6) is 0 Å². The maximum Gasteiger partial charge on any atom is 0.252 e. The van der Waals surface area contributed by atoms with Gasteiger partial charge in [0, 0.05) is 33.5 Å². The van der Waals surface area contributed by atoms with Crippen molar-refractivity contribution in [3.8, 4) is 0 Å². The smallest absolute Gasteiger partial charge is 0.252 e. The number of hydrogen-bond donors (Lipinski definition) is 0. The molecule has 0 N–H and O–H groups in total. The second kappa shape index (κ2) is 10.1. The van der Waals surface area contributed by atoms with Crippen molar-refractivity contribution in [2.75, 3.05) is 9.80 Å². The summed E-state index contributed by atoms with van der Waals surface area (Å²) < 4.78 is 0. The van der Waals surface area contributed by atoms with Crippen LogP contribution in [0.15, 0.2) is 176 Å². The third kappa shape index (κ3) is 3.79. The summed E-state index contributed by atoms with van der Waals surface area (Å²) in [5.74, 6) is 0. The van der Waals surface area contributed by atoms with Crippen LogP contribution in [-0.4, -0.2) is 6.71 Å². The molecule has 0 atom stereocenters. The van der Waals surface area contributed by atoms with Gasteiger partial charge in [-0.05, 0) is 109 Å². The number of benzene rings is 9. The Morgan fingerprint density at radius 3 is 1.12 bits per heavy atom. The summed E-state index contributed by atoms with van der Waals surface area (Å²) in [7, 11) is 0. The molecule has 0 fully saturated rings. The molecule has 9 aromatic carbocycles. The van der Waals surface area contributed by atoms with Crippen LogP contribution in [0, 0.1) is 0 Å². The molecule has 2 nitrogen and oxygen atoms in total. The molecule has 0 aromatic heterocycles. The zero-order valence-electron chi connectivity index (χ0n) is 26.7. The van der Waals surface area contributed by atoms with Gasteiger partial charge < -0.3 is 9.80 Å². The summed E-state index contributed by atoms with van der Waals surface area (Å²) in [4.78, 5) is 5.04. The quantitative estimate of drug-likeness (QED) is 0.140. The van der Waals surface area contributed by atoms with Crippen molar-refractivity contribution in [2.45, 2.75) is 0 Å². The molecule has 2 heterocycles. The highest BCUT2D eigenvalue weighted by Gasteiger charge is 2.43. The molecule has 2 aliphatic heterocycles. The van der Waals surface area contributed by atoms with E-state index in [1.54, 1.807) is 0 Å². The summed E-state index contributed by atoms with van der Waals surface area (Å²) in [6.07, 6.45) is 0. The maximum atomic E-state index is 2.52. The van der Waals surface area contributed by atoms with Crippen LogP contribution >= 0.6 is 0 Å². The molecule has 49 heavy (non-hydrogen) atoms. The fraction of sp³-hybridized carbons (Fsp3) is 0. The Hall–Kier alpha value is -6.32. The molecular formula is C46H29BN2. The van der Waals surface area contributed by atoms with Gasteiger partial charge in [0.15, 0.2) is 0 Å². The summed E-state index contributed by atoms with van der Waals surface area (Å²) in [5.41, 5.74) is 11.3. The predicted octanol–water partition coefficient (Wildman–Crippen LogP) is 10.4. The van der Waals surface area contributed by atoms with Gasteiger partial charge in [-0.3, -0.25) is 0 Å². The largest absolute Gasteiger partial charge is 0.311 e.